The monoisotopic (exact) mass is 250 g/mol. The molecule has 0 saturated carbocycles. The molecule has 0 radical (unpaired) electrons. The Bertz CT molecular complexity index is 636. The maximum Gasteiger partial charge on any atom is 0.312 e. The van der Waals surface area contributed by atoms with Crippen molar-refractivity contribution in [1.29, 1.82) is 0 Å². The highest BCUT2D eigenvalue weighted by Gasteiger charge is 2.23. The summed E-state index contributed by atoms with van der Waals surface area (Å²) in [6.07, 6.45) is 2.71. The lowest BCUT2D eigenvalue weighted by Crippen LogP contribution is -2.24. The Kier molecular flexibility index (Phi) is 2.90. The summed E-state index contributed by atoms with van der Waals surface area (Å²) in [6.45, 7) is 5.28. The van der Waals surface area contributed by atoms with Crippen LogP contribution in [0, 0.1) is 5.41 Å². The van der Waals surface area contributed by atoms with Crippen molar-refractivity contribution in [2.75, 3.05) is 0 Å². The van der Waals surface area contributed by atoms with Gasteiger partial charge in [-0.2, -0.15) is 4.98 Å². The second kappa shape index (κ2) is 4.25. The lowest BCUT2D eigenvalue weighted by atomic mass is 9.98. The highest BCUT2D eigenvalue weighted by Crippen LogP contribution is 2.15. The van der Waals surface area contributed by atoms with E-state index in [1.807, 2.05) is 0 Å². The summed E-state index contributed by atoms with van der Waals surface area (Å²) in [7, 11) is 0. The Labute approximate surface area is 103 Å². The average molecular weight is 250 g/mol. The summed E-state index contributed by atoms with van der Waals surface area (Å²) in [5.74, 6) is -0.329. The van der Waals surface area contributed by atoms with Gasteiger partial charge in [-0.3, -0.25) is 14.2 Å². The molecule has 18 heavy (non-hydrogen) atoms. The maximum absolute atomic E-state index is 11.6. The molecule has 0 aliphatic heterocycles. The molecule has 0 unspecified atom stereocenters. The van der Waals surface area contributed by atoms with Crippen LogP contribution in [-0.4, -0.2) is 25.5 Å². The molecule has 1 N–H and O–H groups in total. The minimum absolute atomic E-state index is 0.0231. The summed E-state index contributed by atoms with van der Waals surface area (Å²) < 4.78 is 6.63. The molecule has 0 aliphatic carbocycles. The molecule has 2 rings (SSSR count). The number of nitrogens with zero attached hydrogens (tertiary/aromatic N) is 3. The zero-order valence-corrected chi connectivity index (χ0v) is 10.4. The van der Waals surface area contributed by atoms with Crippen molar-refractivity contribution in [3.05, 3.63) is 23.0 Å². The molecule has 0 amide bonds. The Morgan fingerprint density at radius 2 is 2.17 bits per heavy atom. The van der Waals surface area contributed by atoms with Crippen LogP contribution < -0.4 is 5.56 Å². The van der Waals surface area contributed by atoms with Gasteiger partial charge in [-0.1, -0.05) is 0 Å². The zero-order chi connectivity index (χ0) is 13.3. The van der Waals surface area contributed by atoms with E-state index in [1.165, 1.54) is 17.2 Å². The first-order valence-corrected chi connectivity index (χ1v) is 5.45. The van der Waals surface area contributed by atoms with E-state index in [2.05, 4.69) is 15.0 Å². The third-order valence-electron chi connectivity index (χ3n) is 2.37. The van der Waals surface area contributed by atoms with E-state index < -0.39 is 5.41 Å². The molecule has 0 aromatic carbocycles. The Morgan fingerprint density at radius 1 is 1.44 bits per heavy atom. The first-order valence-electron chi connectivity index (χ1n) is 5.45. The van der Waals surface area contributed by atoms with Crippen LogP contribution in [0.3, 0.4) is 0 Å². The van der Waals surface area contributed by atoms with Gasteiger partial charge in [-0.25, -0.2) is 4.98 Å². The van der Waals surface area contributed by atoms with Gasteiger partial charge in [-0.15, -0.1) is 0 Å². The summed E-state index contributed by atoms with van der Waals surface area (Å²) in [5, 5.41) is 0. The zero-order valence-electron chi connectivity index (χ0n) is 10.4. The summed E-state index contributed by atoms with van der Waals surface area (Å²) in [6, 6.07) is 0. The predicted molar refractivity (Wildman–Crippen MR) is 63.7 cm³/mol. The highest BCUT2D eigenvalue weighted by molar-refractivity contribution is 5.75. The normalized spacial score (nSPS) is 11.7. The van der Waals surface area contributed by atoms with E-state index in [-0.39, 0.29) is 18.3 Å². The molecule has 2 aromatic heterocycles. The topological polar surface area (TPSA) is 89.9 Å². The lowest BCUT2D eigenvalue weighted by Gasteiger charge is -2.17. The van der Waals surface area contributed by atoms with Crippen molar-refractivity contribution < 1.29 is 9.53 Å². The van der Waals surface area contributed by atoms with Crippen molar-refractivity contribution in [3.8, 4) is 0 Å². The molecule has 2 aromatic rings. The largest absolute Gasteiger partial charge is 0.443 e. The standard InChI is InChI=1S/C11H14N4O3/c1-11(2,3)10(17)18-6-15-5-14-9(16)7-8(15)13-4-12-7/h4-5H,6H2,1-3H3,(H,12,13). The number of hydrogen-bond acceptors (Lipinski definition) is 5. The second-order valence-electron chi connectivity index (χ2n) is 4.93. The Morgan fingerprint density at radius 3 is 2.83 bits per heavy atom. The van der Waals surface area contributed by atoms with Crippen LogP contribution in [0.15, 0.2) is 17.4 Å². The Balaban J connectivity index is 2.23. The number of ether oxygens (including phenoxy) is 1. The van der Waals surface area contributed by atoms with Gasteiger partial charge in [0.1, 0.15) is 6.33 Å². The molecule has 0 atom stereocenters. The molecule has 0 fully saturated rings. The van der Waals surface area contributed by atoms with Gasteiger partial charge in [0.05, 0.1) is 11.7 Å². The van der Waals surface area contributed by atoms with E-state index in [4.69, 9.17) is 4.74 Å². The number of aromatic nitrogens is 4. The van der Waals surface area contributed by atoms with E-state index in [9.17, 15) is 9.59 Å². The summed E-state index contributed by atoms with van der Waals surface area (Å²) >= 11 is 0. The average Bonchev–Trinajstić information content (AvgIpc) is 2.76. The minimum Gasteiger partial charge on any atom is -0.443 e. The molecule has 0 aliphatic rings. The van der Waals surface area contributed by atoms with Gasteiger partial charge in [0, 0.05) is 0 Å². The number of aromatic amines is 1. The minimum atomic E-state index is -0.572. The van der Waals surface area contributed by atoms with E-state index >= 15 is 0 Å². The number of carbonyl (C=O) groups excluding carboxylic acids is 1. The Hall–Kier alpha value is -2.18. The van der Waals surface area contributed by atoms with Crippen LogP contribution in [0.4, 0.5) is 0 Å². The van der Waals surface area contributed by atoms with Crippen LogP contribution in [-0.2, 0) is 16.3 Å². The second-order valence-corrected chi connectivity index (χ2v) is 4.93. The van der Waals surface area contributed by atoms with Gasteiger partial charge in [0.15, 0.2) is 17.9 Å². The number of H-pyrrole nitrogens is 1. The van der Waals surface area contributed by atoms with Gasteiger partial charge in [-0.05, 0) is 20.8 Å². The third kappa shape index (κ3) is 2.24. The molecule has 0 spiro atoms. The van der Waals surface area contributed by atoms with Crippen LogP contribution in [0.25, 0.3) is 11.2 Å². The summed E-state index contributed by atoms with van der Waals surface area (Å²) in [4.78, 5) is 33.4. The fourth-order valence-corrected chi connectivity index (χ4v) is 1.34. The predicted octanol–water partition coefficient (Wildman–Crippen LogP) is 0.666. The van der Waals surface area contributed by atoms with E-state index in [0.717, 1.165) is 0 Å². The number of rotatable bonds is 2. The number of esters is 1. The molecule has 0 bridgehead atoms. The van der Waals surface area contributed by atoms with Crippen LogP contribution in [0.1, 0.15) is 20.8 Å². The molecule has 0 saturated heterocycles. The van der Waals surface area contributed by atoms with Crippen molar-refractivity contribution in [2.24, 2.45) is 5.41 Å². The van der Waals surface area contributed by atoms with E-state index in [1.54, 1.807) is 20.8 Å². The number of carbonyl (C=O) groups is 1. The van der Waals surface area contributed by atoms with Crippen LogP contribution in [0.5, 0.6) is 0 Å². The fourth-order valence-electron chi connectivity index (χ4n) is 1.34. The fraction of sp³-hybridized carbons (Fsp3) is 0.455. The van der Waals surface area contributed by atoms with E-state index in [0.29, 0.717) is 11.2 Å². The number of hydrogen-bond donors (Lipinski definition) is 1. The number of nitrogens with one attached hydrogen (secondary N) is 1. The SMILES string of the molecule is CC(C)(C)C(=O)OCn1cnc(=O)c2[nH]cnc21. The maximum atomic E-state index is 11.6. The van der Waals surface area contributed by atoms with Crippen molar-refractivity contribution in [3.63, 3.8) is 0 Å². The van der Waals surface area contributed by atoms with Crippen molar-refractivity contribution >= 4 is 17.1 Å². The molecule has 7 heteroatoms. The number of imidazole rings is 1. The first-order chi connectivity index (χ1) is 8.39. The smallest absolute Gasteiger partial charge is 0.312 e. The molecular formula is C11H14N4O3. The van der Waals surface area contributed by atoms with Gasteiger partial charge < -0.3 is 9.72 Å². The highest BCUT2D eigenvalue weighted by atomic mass is 16.5. The van der Waals surface area contributed by atoms with Crippen molar-refractivity contribution in [2.45, 2.75) is 27.5 Å². The molecule has 7 nitrogen and oxygen atoms in total. The van der Waals surface area contributed by atoms with Crippen LogP contribution >= 0.6 is 0 Å². The number of fused-ring (bicyclic) bond motifs is 1. The van der Waals surface area contributed by atoms with Gasteiger partial charge in [0.25, 0.3) is 5.56 Å². The molecule has 2 heterocycles. The molecule has 96 valence electrons. The third-order valence-corrected chi connectivity index (χ3v) is 2.37. The molecular weight excluding hydrogens is 236 g/mol. The van der Waals surface area contributed by atoms with Crippen molar-refractivity contribution in [1.82, 2.24) is 19.5 Å². The van der Waals surface area contributed by atoms with Gasteiger partial charge >= 0.3 is 5.97 Å². The summed E-state index contributed by atoms with van der Waals surface area (Å²) in [5.41, 5.74) is -0.251. The lowest BCUT2D eigenvalue weighted by molar-refractivity contribution is -0.156. The van der Waals surface area contributed by atoms with Gasteiger partial charge in [0.2, 0.25) is 0 Å². The van der Waals surface area contributed by atoms with Crippen LogP contribution in [0.2, 0.25) is 0 Å². The first kappa shape index (κ1) is 12.3. The quantitative estimate of drug-likeness (QED) is 0.791.